The van der Waals surface area contributed by atoms with E-state index in [1.165, 1.54) is 6.21 Å². The molecule has 1 aromatic rings. The molecule has 0 amide bonds. The van der Waals surface area contributed by atoms with Crippen LogP contribution in [0.4, 0.5) is 0 Å². The minimum absolute atomic E-state index is 0.183. The van der Waals surface area contributed by atoms with Gasteiger partial charge >= 0.3 is 0 Å². The van der Waals surface area contributed by atoms with Crippen molar-refractivity contribution in [1.82, 2.24) is 0 Å². The SMILES string of the molecule is N=C(N)/N=C/C=C\c1ccccc1. The van der Waals surface area contributed by atoms with Crippen molar-refractivity contribution in [2.24, 2.45) is 10.7 Å². The van der Waals surface area contributed by atoms with Gasteiger partial charge in [-0.2, -0.15) is 0 Å². The number of nitrogens with one attached hydrogen (secondary N) is 1. The molecule has 0 saturated heterocycles. The Labute approximate surface area is 77.1 Å². The molecule has 66 valence electrons. The highest BCUT2D eigenvalue weighted by Crippen LogP contribution is 1.99. The second-order valence-corrected chi connectivity index (χ2v) is 2.43. The summed E-state index contributed by atoms with van der Waals surface area (Å²) in [6.45, 7) is 0. The fourth-order valence-corrected chi connectivity index (χ4v) is 0.842. The number of allylic oxidation sites excluding steroid dienone is 1. The number of hydrogen-bond donors (Lipinski definition) is 2. The van der Waals surface area contributed by atoms with Crippen LogP contribution in [0.1, 0.15) is 5.56 Å². The molecular weight excluding hydrogens is 162 g/mol. The van der Waals surface area contributed by atoms with Crippen LogP contribution < -0.4 is 5.73 Å². The molecule has 0 fully saturated rings. The monoisotopic (exact) mass is 173 g/mol. The summed E-state index contributed by atoms with van der Waals surface area (Å²) < 4.78 is 0. The van der Waals surface area contributed by atoms with Gasteiger partial charge in [0, 0.05) is 6.21 Å². The number of aliphatic imine (C=N–C) groups is 1. The Bertz CT molecular complexity index is 325. The predicted octanol–water partition coefficient (Wildman–Crippen LogP) is 1.66. The maximum atomic E-state index is 6.82. The first-order valence-electron chi connectivity index (χ1n) is 3.89. The highest BCUT2D eigenvalue weighted by atomic mass is 14.9. The lowest BCUT2D eigenvalue weighted by Crippen LogP contribution is -2.04. The van der Waals surface area contributed by atoms with Crippen LogP contribution in [0.25, 0.3) is 6.08 Å². The van der Waals surface area contributed by atoms with Crippen LogP contribution in [0.5, 0.6) is 0 Å². The molecule has 0 saturated carbocycles. The minimum atomic E-state index is -0.183. The lowest BCUT2D eigenvalue weighted by atomic mass is 10.2. The summed E-state index contributed by atoms with van der Waals surface area (Å²) in [4.78, 5) is 3.59. The van der Waals surface area contributed by atoms with Gasteiger partial charge in [-0.15, -0.1) is 0 Å². The van der Waals surface area contributed by atoms with E-state index in [0.29, 0.717) is 0 Å². The van der Waals surface area contributed by atoms with Crippen molar-refractivity contribution in [1.29, 1.82) is 5.41 Å². The molecule has 0 unspecified atom stereocenters. The molecule has 0 aliphatic rings. The van der Waals surface area contributed by atoms with E-state index in [-0.39, 0.29) is 5.96 Å². The number of nitrogens with zero attached hydrogens (tertiary/aromatic N) is 1. The molecule has 1 aromatic carbocycles. The summed E-state index contributed by atoms with van der Waals surface area (Å²) in [5.41, 5.74) is 6.12. The Morgan fingerprint density at radius 2 is 2.00 bits per heavy atom. The normalized spacial score (nSPS) is 11.1. The average Bonchev–Trinajstić information content (AvgIpc) is 2.14. The lowest BCUT2D eigenvalue weighted by Gasteiger charge is -1.88. The maximum Gasteiger partial charge on any atom is 0.212 e. The predicted molar refractivity (Wildman–Crippen MR) is 55.9 cm³/mol. The van der Waals surface area contributed by atoms with Crippen molar-refractivity contribution in [2.75, 3.05) is 0 Å². The second kappa shape index (κ2) is 4.87. The molecule has 0 aliphatic carbocycles. The Morgan fingerprint density at radius 3 is 2.62 bits per heavy atom. The number of rotatable bonds is 2. The van der Waals surface area contributed by atoms with Gasteiger partial charge in [-0.3, -0.25) is 5.41 Å². The highest BCUT2D eigenvalue weighted by molar-refractivity contribution is 5.89. The minimum Gasteiger partial charge on any atom is -0.368 e. The van der Waals surface area contributed by atoms with Crippen LogP contribution in [0, 0.1) is 5.41 Å². The first-order chi connectivity index (χ1) is 6.29. The van der Waals surface area contributed by atoms with Gasteiger partial charge in [-0.05, 0) is 11.6 Å². The van der Waals surface area contributed by atoms with Crippen molar-refractivity contribution in [3.05, 3.63) is 42.0 Å². The number of nitrogens with two attached hydrogens (primary N) is 1. The zero-order valence-electron chi connectivity index (χ0n) is 7.14. The Morgan fingerprint density at radius 1 is 1.31 bits per heavy atom. The van der Waals surface area contributed by atoms with Gasteiger partial charge in [-0.25, -0.2) is 4.99 Å². The van der Waals surface area contributed by atoms with Crippen LogP contribution in [-0.2, 0) is 0 Å². The Hall–Kier alpha value is -1.90. The highest BCUT2D eigenvalue weighted by Gasteiger charge is 1.80. The average molecular weight is 173 g/mol. The molecule has 3 N–H and O–H groups in total. The quantitative estimate of drug-likeness (QED) is 0.518. The van der Waals surface area contributed by atoms with Crippen LogP contribution in [0.2, 0.25) is 0 Å². The number of guanidine groups is 1. The van der Waals surface area contributed by atoms with E-state index in [0.717, 1.165) is 5.56 Å². The van der Waals surface area contributed by atoms with Crippen molar-refractivity contribution in [2.45, 2.75) is 0 Å². The van der Waals surface area contributed by atoms with E-state index in [1.807, 2.05) is 36.4 Å². The summed E-state index contributed by atoms with van der Waals surface area (Å²) in [5, 5.41) is 6.82. The molecular formula is C10H11N3. The van der Waals surface area contributed by atoms with Gasteiger partial charge in [0.1, 0.15) is 0 Å². The van der Waals surface area contributed by atoms with E-state index in [1.54, 1.807) is 6.08 Å². The fraction of sp³-hybridized carbons (Fsp3) is 0. The van der Waals surface area contributed by atoms with Gasteiger partial charge in [0.2, 0.25) is 5.96 Å². The second-order valence-electron chi connectivity index (χ2n) is 2.43. The largest absolute Gasteiger partial charge is 0.368 e. The van der Waals surface area contributed by atoms with Crippen molar-refractivity contribution in [3.8, 4) is 0 Å². The third kappa shape index (κ3) is 3.86. The lowest BCUT2D eigenvalue weighted by molar-refractivity contribution is 1.39. The molecule has 13 heavy (non-hydrogen) atoms. The maximum absolute atomic E-state index is 6.82. The summed E-state index contributed by atoms with van der Waals surface area (Å²) in [6.07, 6.45) is 5.14. The van der Waals surface area contributed by atoms with Crippen LogP contribution in [-0.4, -0.2) is 12.2 Å². The standard InChI is InChI=1S/C10H11N3/c11-10(12)13-8-4-7-9-5-2-1-3-6-9/h1-8H,(H3,11,12)/b7-4-,13-8+. The first kappa shape index (κ1) is 9.19. The summed E-state index contributed by atoms with van der Waals surface area (Å²) >= 11 is 0. The van der Waals surface area contributed by atoms with E-state index in [4.69, 9.17) is 11.1 Å². The first-order valence-corrected chi connectivity index (χ1v) is 3.89. The topological polar surface area (TPSA) is 62.2 Å². The van der Waals surface area contributed by atoms with Gasteiger partial charge in [0.15, 0.2) is 0 Å². The smallest absolute Gasteiger partial charge is 0.212 e. The molecule has 0 bridgehead atoms. The molecule has 3 heteroatoms. The summed E-state index contributed by atoms with van der Waals surface area (Å²) in [7, 11) is 0. The van der Waals surface area contributed by atoms with Gasteiger partial charge in [0.25, 0.3) is 0 Å². The number of benzene rings is 1. The molecule has 0 aromatic heterocycles. The van der Waals surface area contributed by atoms with Gasteiger partial charge < -0.3 is 5.73 Å². The molecule has 0 radical (unpaired) electrons. The fourth-order valence-electron chi connectivity index (χ4n) is 0.842. The van der Waals surface area contributed by atoms with Gasteiger partial charge in [0.05, 0.1) is 0 Å². The molecule has 1 rings (SSSR count). The zero-order chi connectivity index (χ0) is 9.52. The van der Waals surface area contributed by atoms with Crippen molar-refractivity contribution < 1.29 is 0 Å². The van der Waals surface area contributed by atoms with Crippen molar-refractivity contribution >= 4 is 18.3 Å². The third-order valence-corrected chi connectivity index (χ3v) is 1.39. The van der Waals surface area contributed by atoms with Gasteiger partial charge in [-0.1, -0.05) is 36.4 Å². The summed E-state index contributed by atoms with van der Waals surface area (Å²) in [5.74, 6) is -0.183. The summed E-state index contributed by atoms with van der Waals surface area (Å²) in [6, 6.07) is 9.85. The molecule has 0 heterocycles. The van der Waals surface area contributed by atoms with E-state index >= 15 is 0 Å². The number of hydrogen-bond acceptors (Lipinski definition) is 1. The Balaban J connectivity index is 2.55. The molecule has 0 atom stereocenters. The molecule has 3 nitrogen and oxygen atoms in total. The molecule has 0 aliphatic heterocycles. The van der Waals surface area contributed by atoms with Crippen LogP contribution in [0.3, 0.4) is 0 Å². The van der Waals surface area contributed by atoms with Crippen LogP contribution >= 0.6 is 0 Å². The third-order valence-electron chi connectivity index (χ3n) is 1.39. The van der Waals surface area contributed by atoms with Crippen LogP contribution in [0.15, 0.2) is 41.4 Å². The Kier molecular flexibility index (Phi) is 3.45. The molecule has 0 spiro atoms. The van der Waals surface area contributed by atoms with E-state index < -0.39 is 0 Å². The van der Waals surface area contributed by atoms with Crippen molar-refractivity contribution in [3.63, 3.8) is 0 Å². The zero-order valence-corrected chi connectivity index (χ0v) is 7.14. The van der Waals surface area contributed by atoms with E-state index in [9.17, 15) is 0 Å². The van der Waals surface area contributed by atoms with E-state index in [2.05, 4.69) is 4.99 Å².